The van der Waals surface area contributed by atoms with Crippen LogP contribution in [0.1, 0.15) is 24.8 Å². The van der Waals surface area contributed by atoms with Gasteiger partial charge in [-0.3, -0.25) is 14.5 Å². The Bertz CT molecular complexity index is 853. The number of nitrogens with zero attached hydrogens (tertiary/aromatic N) is 3. The van der Waals surface area contributed by atoms with Gasteiger partial charge in [-0.25, -0.2) is 13.4 Å². The van der Waals surface area contributed by atoms with Gasteiger partial charge in [-0.2, -0.15) is 17.5 Å². The van der Waals surface area contributed by atoms with Crippen LogP contribution < -0.4 is 4.74 Å². The summed E-state index contributed by atoms with van der Waals surface area (Å²) in [6.07, 6.45) is -3.28. The molecule has 0 atom stereocenters. The Labute approximate surface area is 159 Å². The fourth-order valence-corrected chi connectivity index (χ4v) is 4.37. The number of amides is 2. The minimum Gasteiger partial charge on any atom is -0.472 e. The van der Waals surface area contributed by atoms with E-state index in [1.54, 1.807) is 0 Å². The normalized spacial score (nSPS) is 19.6. The van der Waals surface area contributed by atoms with E-state index in [1.165, 1.54) is 0 Å². The summed E-state index contributed by atoms with van der Waals surface area (Å²) in [6.45, 7) is -0.290. The van der Waals surface area contributed by atoms with Gasteiger partial charge < -0.3 is 4.74 Å². The molecule has 0 radical (unpaired) electrons. The summed E-state index contributed by atoms with van der Waals surface area (Å²) >= 11 is 0. The van der Waals surface area contributed by atoms with E-state index in [2.05, 4.69) is 4.98 Å². The van der Waals surface area contributed by atoms with E-state index in [1.807, 2.05) is 0 Å². The Balaban J connectivity index is 1.51. The molecule has 0 unspecified atom stereocenters. The number of sulfonamides is 1. The Morgan fingerprint density at radius 2 is 1.82 bits per heavy atom. The summed E-state index contributed by atoms with van der Waals surface area (Å²) in [5.41, 5.74) is -0.905. The molecule has 2 amide bonds. The Morgan fingerprint density at radius 1 is 1.18 bits per heavy atom. The van der Waals surface area contributed by atoms with Gasteiger partial charge in [0.15, 0.2) is 0 Å². The van der Waals surface area contributed by atoms with Crippen LogP contribution in [0.3, 0.4) is 0 Å². The van der Waals surface area contributed by atoms with Gasteiger partial charge in [-0.1, -0.05) is 0 Å². The fourth-order valence-electron chi connectivity index (χ4n) is 2.91. The van der Waals surface area contributed by atoms with Crippen LogP contribution in [0.25, 0.3) is 0 Å². The van der Waals surface area contributed by atoms with Crippen molar-refractivity contribution in [3.8, 4) is 5.88 Å². The Kier molecular flexibility index (Phi) is 5.62. The molecule has 0 aliphatic carbocycles. The molecule has 28 heavy (non-hydrogen) atoms. The number of carbonyl (C=O) groups is 2. The van der Waals surface area contributed by atoms with Crippen LogP contribution in [-0.4, -0.2) is 65.9 Å². The third-order valence-electron chi connectivity index (χ3n) is 4.51. The monoisotopic (exact) mass is 421 g/mol. The van der Waals surface area contributed by atoms with Crippen molar-refractivity contribution in [3.05, 3.63) is 23.9 Å². The van der Waals surface area contributed by atoms with Crippen molar-refractivity contribution >= 4 is 21.8 Å². The van der Waals surface area contributed by atoms with E-state index >= 15 is 0 Å². The SMILES string of the molecule is O=C1CCCC(=O)N1CCS(=O)(=O)N1CC(Oc2cc(C(F)(F)F)ccn2)C1. The fraction of sp³-hybridized carbons (Fsp3) is 0.562. The third-order valence-corrected chi connectivity index (χ3v) is 6.30. The summed E-state index contributed by atoms with van der Waals surface area (Å²) in [5, 5.41) is 0. The number of rotatable bonds is 6. The van der Waals surface area contributed by atoms with Gasteiger partial charge in [0.25, 0.3) is 0 Å². The first-order chi connectivity index (χ1) is 13.1. The molecule has 154 valence electrons. The highest BCUT2D eigenvalue weighted by molar-refractivity contribution is 7.89. The molecule has 1 aromatic heterocycles. The molecule has 3 rings (SSSR count). The van der Waals surface area contributed by atoms with Crippen LogP contribution in [-0.2, 0) is 25.8 Å². The van der Waals surface area contributed by atoms with E-state index in [9.17, 15) is 31.2 Å². The van der Waals surface area contributed by atoms with Crippen LogP contribution in [0.2, 0.25) is 0 Å². The average Bonchev–Trinajstić information content (AvgIpc) is 2.56. The summed E-state index contributed by atoms with van der Waals surface area (Å²) < 4.78 is 69.1. The molecule has 0 spiro atoms. The molecule has 8 nitrogen and oxygen atoms in total. The van der Waals surface area contributed by atoms with E-state index < -0.39 is 33.6 Å². The maximum Gasteiger partial charge on any atom is 0.416 e. The van der Waals surface area contributed by atoms with E-state index in [0.717, 1.165) is 27.5 Å². The number of hydrogen-bond acceptors (Lipinski definition) is 6. The van der Waals surface area contributed by atoms with Gasteiger partial charge in [-0.05, 0) is 12.5 Å². The topological polar surface area (TPSA) is 96.9 Å². The summed E-state index contributed by atoms with van der Waals surface area (Å²) in [6, 6.07) is 1.57. The smallest absolute Gasteiger partial charge is 0.416 e. The van der Waals surface area contributed by atoms with Gasteiger partial charge in [0, 0.05) is 31.6 Å². The van der Waals surface area contributed by atoms with Gasteiger partial charge >= 0.3 is 6.18 Å². The number of pyridine rings is 1. The first-order valence-electron chi connectivity index (χ1n) is 8.57. The number of alkyl halides is 3. The van der Waals surface area contributed by atoms with Crippen LogP contribution in [0, 0.1) is 0 Å². The van der Waals surface area contributed by atoms with Crippen LogP contribution in [0.15, 0.2) is 18.3 Å². The van der Waals surface area contributed by atoms with Crippen molar-refractivity contribution < 1.29 is 35.9 Å². The average molecular weight is 421 g/mol. The van der Waals surface area contributed by atoms with E-state index in [0.29, 0.717) is 6.42 Å². The lowest BCUT2D eigenvalue weighted by atomic mass is 10.1. The first kappa shape index (κ1) is 20.5. The van der Waals surface area contributed by atoms with Crippen molar-refractivity contribution in [3.63, 3.8) is 0 Å². The second-order valence-corrected chi connectivity index (χ2v) is 8.63. The zero-order valence-corrected chi connectivity index (χ0v) is 15.5. The Hall–Kier alpha value is -2.21. The van der Waals surface area contributed by atoms with Gasteiger partial charge in [0.1, 0.15) is 6.10 Å². The molecular weight excluding hydrogens is 403 g/mol. The number of likely N-dealkylation sites (tertiary alicyclic amines) is 1. The van der Waals surface area contributed by atoms with E-state index in [-0.39, 0.29) is 50.2 Å². The highest BCUT2D eigenvalue weighted by Crippen LogP contribution is 2.31. The molecule has 0 saturated carbocycles. The van der Waals surface area contributed by atoms with Crippen molar-refractivity contribution in [2.24, 2.45) is 0 Å². The minimum atomic E-state index is -4.53. The second-order valence-electron chi connectivity index (χ2n) is 6.55. The van der Waals surface area contributed by atoms with Crippen molar-refractivity contribution in [1.82, 2.24) is 14.2 Å². The third kappa shape index (κ3) is 4.61. The number of ether oxygens (including phenoxy) is 1. The predicted octanol–water partition coefficient (Wildman–Crippen LogP) is 1.03. The maximum atomic E-state index is 12.7. The van der Waals surface area contributed by atoms with Gasteiger partial charge in [0.05, 0.1) is 24.4 Å². The summed E-state index contributed by atoms with van der Waals surface area (Å²) in [5.74, 6) is -1.40. The van der Waals surface area contributed by atoms with Crippen molar-refractivity contribution in [2.45, 2.75) is 31.5 Å². The van der Waals surface area contributed by atoms with Gasteiger partial charge in [-0.15, -0.1) is 0 Å². The number of halogens is 3. The lowest BCUT2D eigenvalue weighted by molar-refractivity contribution is -0.147. The molecule has 2 fully saturated rings. The van der Waals surface area contributed by atoms with Gasteiger partial charge in [0.2, 0.25) is 27.7 Å². The number of carbonyl (C=O) groups excluding carboxylic acids is 2. The first-order valence-corrected chi connectivity index (χ1v) is 10.2. The molecule has 0 bridgehead atoms. The highest BCUT2D eigenvalue weighted by Gasteiger charge is 2.39. The molecule has 1 aromatic rings. The Morgan fingerprint density at radius 3 is 2.43 bits per heavy atom. The molecule has 12 heteroatoms. The zero-order chi connectivity index (χ0) is 20.5. The van der Waals surface area contributed by atoms with Crippen LogP contribution in [0.4, 0.5) is 13.2 Å². The molecule has 3 heterocycles. The minimum absolute atomic E-state index is 0.0395. The second kappa shape index (κ2) is 7.66. The molecular formula is C16H18F3N3O5S. The number of imide groups is 1. The van der Waals surface area contributed by atoms with Crippen molar-refractivity contribution in [1.29, 1.82) is 0 Å². The number of hydrogen-bond donors (Lipinski definition) is 0. The molecule has 2 saturated heterocycles. The van der Waals surface area contributed by atoms with Crippen LogP contribution in [0.5, 0.6) is 5.88 Å². The van der Waals surface area contributed by atoms with Crippen molar-refractivity contribution in [2.75, 3.05) is 25.4 Å². The number of aromatic nitrogens is 1. The lowest BCUT2D eigenvalue weighted by Crippen LogP contribution is -2.57. The maximum absolute atomic E-state index is 12.7. The standard InChI is InChI=1S/C16H18F3N3O5S/c17-16(18,19)11-4-5-20-13(8-11)27-12-9-21(10-12)28(25,26)7-6-22-14(23)2-1-3-15(22)24/h4-5,8,12H,1-3,6-7,9-10H2. The molecule has 0 aromatic carbocycles. The molecule has 2 aliphatic heterocycles. The predicted molar refractivity (Wildman–Crippen MR) is 89.6 cm³/mol. The largest absolute Gasteiger partial charge is 0.472 e. The number of piperidine rings is 1. The quantitative estimate of drug-likeness (QED) is 0.637. The lowest BCUT2D eigenvalue weighted by Gasteiger charge is -2.38. The van der Waals surface area contributed by atoms with Crippen LogP contribution >= 0.6 is 0 Å². The zero-order valence-electron chi connectivity index (χ0n) is 14.7. The summed E-state index contributed by atoms with van der Waals surface area (Å²) in [4.78, 5) is 28.1. The highest BCUT2D eigenvalue weighted by atomic mass is 32.2. The molecule has 2 aliphatic rings. The molecule has 0 N–H and O–H groups in total. The summed E-state index contributed by atoms with van der Waals surface area (Å²) in [7, 11) is -3.72. The van der Waals surface area contributed by atoms with E-state index in [4.69, 9.17) is 4.74 Å².